The lowest BCUT2D eigenvalue weighted by Gasteiger charge is -2.17. The topological polar surface area (TPSA) is 91.2 Å². The van der Waals surface area contributed by atoms with Gasteiger partial charge in [-0.25, -0.2) is 0 Å². The van der Waals surface area contributed by atoms with E-state index in [1.807, 2.05) is 24.3 Å². The van der Waals surface area contributed by atoms with Crippen LogP contribution in [0.3, 0.4) is 0 Å². The molecule has 0 aliphatic heterocycles. The molecule has 5 heteroatoms. The lowest BCUT2D eigenvalue weighted by atomic mass is 10.1. The third-order valence-corrected chi connectivity index (χ3v) is 3.70. The van der Waals surface area contributed by atoms with Gasteiger partial charge in [-0.15, -0.1) is 0 Å². The first-order valence-electron chi connectivity index (χ1n) is 6.75. The zero-order chi connectivity index (χ0) is 14.1. The lowest BCUT2D eigenvalue weighted by molar-refractivity contribution is 0.0993. The summed E-state index contributed by atoms with van der Waals surface area (Å²) in [5, 5.41) is 0.810. The van der Waals surface area contributed by atoms with Gasteiger partial charge in [-0.05, 0) is 31.4 Å². The highest BCUT2D eigenvalue weighted by Crippen LogP contribution is 2.32. The van der Waals surface area contributed by atoms with E-state index in [2.05, 4.69) is 4.98 Å². The molecule has 0 spiro atoms. The van der Waals surface area contributed by atoms with Crippen molar-refractivity contribution in [2.45, 2.75) is 31.4 Å². The van der Waals surface area contributed by atoms with E-state index in [0.717, 1.165) is 30.2 Å². The van der Waals surface area contributed by atoms with Crippen molar-refractivity contribution in [3.63, 3.8) is 0 Å². The Labute approximate surface area is 116 Å². The van der Waals surface area contributed by atoms with Crippen LogP contribution in [0, 0.1) is 0 Å². The number of carbonyl (C=O) groups excluding carboxylic acids is 1. The Balaban J connectivity index is 2.05. The van der Waals surface area contributed by atoms with Crippen LogP contribution in [0.5, 0.6) is 5.75 Å². The monoisotopic (exact) mass is 271 g/mol. The van der Waals surface area contributed by atoms with Gasteiger partial charge >= 0.3 is 0 Å². The van der Waals surface area contributed by atoms with Crippen molar-refractivity contribution >= 4 is 16.8 Å². The number of hydrogen-bond acceptors (Lipinski definition) is 4. The minimum atomic E-state index is -0.527. The first kappa shape index (κ1) is 12.9. The summed E-state index contributed by atoms with van der Waals surface area (Å²) in [6.45, 7) is 0. The van der Waals surface area contributed by atoms with Gasteiger partial charge in [0, 0.05) is 17.6 Å². The van der Waals surface area contributed by atoms with Crippen molar-refractivity contribution in [1.82, 2.24) is 4.98 Å². The number of hydrogen-bond donors (Lipinski definition) is 2. The van der Waals surface area contributed by atoms with Crippen LogP contribution < -0.4 is 16.2 Å². The number of nitrogens with two attached hydrogens (primary N) is 2. The van der Waals surface area contributed by atoms with Crippen molar-refractivity contribution in [1.29, 1.82) is 0 Å². The van der Waals surface area contributed by atoms with E-state index in [0.29, 0.717) is 11.3 Å². The van der Waals surface area contributed by atoms with Gasteiger partial charge in [-0.3, -0.25) is 9.78 Å². The minimum Gasteiger partial charge on any atom is -0.489 e. The average Bonchev–Trinajstić information content (AvgIpc) is 2.84. The predicted molar refractivity (Wildman–Crippen MR) is 76.5 cm³/mol. The number of primary amides is 1. The number of fused-ring (bicyclic) bond motifs is 1. The van der Waals surface area contributed by atoms with Crippen molar-refractivity contribution in [3.8, 4) is 5.75 Å². The standard InChI is InChI=1S/C15H17N3O2/c16-9-5-6-10(7-9)20-14-11-3-1-2-4-13(11)18-8-12(14)15(17)19/h1-4,8-10H,5-7,16H2,(H2,17,19). The number of para-hydroxylation sites is 1. The Morgan fingerprint density at radius 2 is 2.10 bits per heavy atom. The van der Waals surface area contributed by atoms with Gasteiger partial charge in [-0.1, -0.05) is 12.1 Å². The zero-order valence-electron chi connectivity index (χ0n) is 11.1. The Morgan fingerprint density at radius 1 is 1.30 bits per heavy atom. The normalized spacial score (nSPS) is 22.1. The fourth-order valence-electron chi connectivity index (χ4n) is 2.67. The van der Waals surface area contributed by atoms with E-state index < -0.39 is 5.91 Å². The molecule has 0 saturated heterocycles. The highest BCUT2D eigenvalue weighted by molar-refractivity contribution is 6.01. The second-order valence-electron chi connectivity index (χ2n) is 5.20. The smallest absolute Gasteiger partial charge is 0.254 e. The van der Waals surface area contributed by atoms with Crippen LogP contribution in [0.4, 0.5) is 0 Å². The molecule has 1 aliphatic rings. The number of carbonyl (C=O) groups is 1. The largest absolute Gasteiger partial charge is 0.489 e. The molecule has 20 heavy (non-hydrogen) atoms. The molecule has 1 aromatic heterocycles. The number of pyridine rings is 1. The van der Waals surface area contributed by atoms with Gasteiger partial charge in [0.05, 0.1) is 5.52 Å². The SMILES string of the molecule is NC(=O)c1cnc2ccccc2c1OC1CCC(N)C1. The first-order chi connectivity index (χ1) is 9.65. The van der Waals surface area contributed by atoms with Crippen LogP contribution >= 0.6 is 0 Å². The molecule has 1 fully saturated rings. The molecule has 2 aromatic rings. The maximum absolute atomic E-state index is 11.6. The number of ether oxygens (including phenoxy) is 1. The van der Waals surface area contributed by atoms with Gasteiger partial charge in [-0.2, -0.15) is 0 Å². The van der Waals surface area contributed by atoms with Crippen LogP contribution in [-0.4, -0.2) is 23.0 Å². The van der Waals surface area contributed by atoms with Crippen molar-refractivity contribution in [2.24, 2.45) is 11.5 Å². The van der Waals surface area contributed by atoms with Crippen LogP contribution in [0.2, 0.25) is 0 Å². The summed E-state index contributed by atoms with van der Waals surface area (Å²) < 4.78 is 6.03. The average molecular weight is 271 g/mol. The number of aromatic nitrogens is 1. The highest BCUT2D eigenvalue weighted by Gasteiger charge is 2.25. The van der Waals surface area contributed by atoms with Gasteiger partial charge in [0.15, 0.2) is 0 Å². The summed E-state index contributed by atoms with van der Waals surface area (Å²) in [6.07, 6.45) is 4.16. The van der Waals surface area contributed by atoms with E-state index in [4.69, 9.17) is 16.2 Å². The molecule has 0 radical (unpaired) electrons. The summed E-state index contributed by atoms with van der Waals surface area (Å²) in [7, 11) is 0. The van der Waals surface area contributed by atoms with Gasteiger partial charge in [0.25, 0.3) is 5.91 Å². The predicted octanol–water partition coefficient (Wildman–Crippen LogP) is 1.59. The molecule has 4 N–H and O–H groups in total. The summed E-state index contributed by atoms with van der Waals surface area (Å²) in [5.74, 6) is 0.00254. The highest BCUT2D eigenvalue weighted by atomic mass is 16.5. The Kier molecular flexibility index (Phi) is 3.28. The number of rotatable bonds is 3. The van der Waals surface area contributed by atoms with E-state index in [1.165, 1.54) is 6.20 Å². The number of nitrogens with zero attached hydrogens (tertiary/aromatic N) is 1. The molecule has 1 aliphatic carbocycles. The Morgan fingerprint density at radius 3 is 2.80 bits per heavy atom. The van der Waals surface area contributed by atoms with Crippen molar-refractivity contribution in [2.75, 3.05) is 0 Å². The fourth-order valence-corrected chi connectivity index (χ4v) is 2.67. The Hall–Kier alpha value is -2.14. The van der Waals surface area contributed by atoms with E-state index >= 15 is 0 Å². The van der Waals surface area contributed by atoms with Crippen LogP contribution in [0.25, 0.3) is 10.9 Å². The Bertz CT molecular complexity index is 657. The third-order valence-electron chi connectivity index (χ3n) is 3.70. The quantitative estimate of drug-likeness (QED) is 0.886. The molecule has 1 heterocycles. The van der Waals surface area contributed by atoms with Gasteiger partial charge in [0.1, 0.15) is 17.4 Å². The van der Waals surface area contributed by atoms with Crippen LogP contribution in [0.1, 0.15) is 29.6 Å². The zero-order valence-corrected chi connectivity index (χ0v) is 11.1. The molecule has 1 aromatic carbocycles. The number of amides is 1. The van der Waals surface area contributed by atoms with Gasteiger partial charge in [0.2, 0.25) is 0 Å². The minimum absolute atomic E-state index is 0.0360. The molecular weight excluding hydrogens is 254 g/mol. The molecular formula is C15H17N3O2. The maximum atomic E-state index is 11.6. The van der Waals surface area contributed by atoms with Crippen molar-refractivity contribution < 1.29 is 9.53 Å². The van der Waals surface area contributed by atoms with Crippen molar-refractivity contribution in [3.05, 3.63) is 36.0 Å². The third kappa shape index (κ3) is 2.32. The summed E-state index contributed by atoms with van der Waals surface area (Å²) in [5.41, 5.74) is 12.4. The molecule has 1 saturated carbocycles. The van der Waals surface area contributed by atoms with E-state index in [1.54, 1.807) is 0 Å². The van der Waals surface area contributed by atoms with Crippen LogP contribution in [0.15, 0.2) is 30.5 Å². The molecule has 1 amide bonds. The summed E-state index contributed by atoms with van der Waals surface area (Å²) in [4.78, 5) is 15.8. The van der Waals surface area contributed by atoms with E-state index in [9.17, 15) is 4.79 Å². The second kappa shape index (κ2) is 5.09. The molecule has 5 nitrogen and oxygen atoms in total. The summed E-state index contributed by atoms with van der Waals surface area (Å²) >= 11 is 0. The lowest BCUT2D eigenvalue weighted by Crippen LogP contribution is -2.21. The first-order valence-corrected chi connectivity index (χ1v) is 6.75. The molecule has 2 atom stereocenters. The molecule has 3 rings (SSSR count). The molecule has 2 unspecified atom stereocenters. The second-order valence-corrected chi connectivity index (χ2v) is 5.20. The maximum Gasteiger partial charge on any atom is 0.254 e. The van der Waals surface area contributed by atoms with E-state index in [-0.39, 0.29) is 12.1 Å². The molecule has 0 bridgehead atoms. The molecule has 104 valence electrons. The van der Waals surface area contributed by atoms with Gasteiger partial charge < -0.3 is 16.2 Å². The van der Waals surface area contributed by atoms with Crippen LogP contribution in [-0.2, 0) is 0 Å². The fraction of sp³-hybridized carbons (Fsp3) is 0.333. The number of benzene rings is 1. The summed E-state index contributed by atoms with van der Waals surface area (Å²) in [6, 6.07) is 7.73.